The van der Waals surface area contributed by atoms with Crippen molar-refractivity contribution in [3.63, 3.8) is 0 Å². The van der Waals surface area contributed by atoms with E-state index in [1.807, 2.05) is 0 Å². The number of carbonyl (C=O) groups is 1. The highest BCUT2D eigenvalue weighted by molar-refractivity contribution is 6.55. The van der Waals surface area contributed by atoms with Gasteiger partial charge in [0.2, 0.25) is 0 Å². The van der Waals surface area contributed by atoms with Crippen LogP contribution in [-0.2, 0) is 0 Å². The van der Waals surface area contributed by atoms with Gasteiger partial charge in [-0.05, 0) is 18.2 Å². The Morgan fingerprint density at radius 3 is 2.46 bits per heavy atom. The number of alkyl halides is 2. The lowest BCUT2D eigenvalue weighted by Crippen LogP contribution is -2.10. The summed E-state index contributed by atoms with van der Waals surface area (Å²) in [6, 6.07) is 2.51. The van der Waals surface area contributed by atoms with E-state index in [0.717, 1.165) is 18.2 Å². The van der Waals surface area contributed by atoms with E-state index in [2.05, 4.69) is 0 Å². The van der Waals surface area contributed by atoms with Crippen LogP contribution in [0.1, 0.15) is 10.4 Å². The Morgan fingerprint density at radius 1 is 1.31 bits per heavy atom. The molecule has 0 spiro atoms. The smallest absolute Gasteiger partial charge is 0.198 e. The van der Waals surface area contributed by atoms with Gasteiger partial charge in [0.15, 0.2) is 10.6 Å². The molecular weight excluding hydrogens is 221 g/mol. The van der Waals surface area contributed by atoms with Crippen LogP contribution in [0.25, 0.3) is 0 Å². The minimum Gasteiger partial charge on any atom is -0.291 e. The van der Waals surface area contributed by atoms with Gasteiger partial charge in [0, 0.05) is 0 Å². The zero-order valence-electron chi connectivity index (χ0n) is 6.23. The molecule has 0 bridgehead atoms. The molecule has 1 aromatic rings. The van der Waals surface area contributed by atoms with E-state index in [-0.39, 0.29) is 0 Å². The van der Waals surface area contributed by atoms with E-state index >= 15 is 0 Å². The molecule has 70 valence electrons. The summed E-state index contributed by atoms with van der Waals surface area (Å²) < 4.78 is 25.4. The Balaban J connectivity index is 3.13. The van der Waals surface area contributed by atoms with Crippen LogP contribution < -0.4 is 0 Å². The predicted octanol–water partition coefficient (Wildman–Crippen LogP) is 2.95. The second-order valence-electron chi connectivity index (χ2n) is 2.29. The van der Waals surface area contributed by atoms with Crippen LogP contribution in [0.4, 0.5) is 8.78 Å². The number of carbonyl (C=O) groups excluding carboxylic acids is 1. The highest BCUT2D eigenvalue weighted by Crippen LogP contribution is 2.16. The van der Waals surface area contributed by atoms with Crippen LogP contribution in [0.2, 0.25) is 0 Å². The largest absolute Gasteiger partial charge is 0.291 e. The Kier molecular flexibility index (Phi) is 3.22. The van der Waals surface area contributed by atoms with Crippen LogP contribution in [0.5, 0.6) is 0 Å². The van der Waals surface area contributed by atoms with E-state index in [1.165, 1.54) is 0 Å². The first kappa shape index (κ1) is 10.4. The highest BCUT2D eigenvalue weighted by Gasteiger charge is 2.18. The molecule has 0 aliphatic heterocycles. The van der Waals surface area contributed by atoms with Crippen LogP contribution in [0.15, 0.2) is 18.2 Å². The molecule has 0 unspecified atom stereocenters. The van der Waals surface area contributed by atoms with Crippen LogP contribution in [-0.4, -0.2) is 10.6 Å². The number of rotatable bonds is 2. The molecule has 13 heavy (non-hydrogen) atoms. The van der Waals surface area contributed by atoms with E-state index in [4.69, 9.17) is 23.2 Å². The van der Waals surface area contributed by atoms with E-state index in [0.29, 0.717) is 0 Å². The first-order valence-electron chi connectivity index (χ1n) is 3.30. The number of hydrogen-bond donors (Lipinski definition) is 0. The average molecular weight is 225 g/mol. The summed E-state index contributed by atoms with van der Waals surface area (Å²) in [5.74, 6) is -2.39. The monoisotopic (exact) mass is 224 g/mol. The SMILES string of the molecule is O=C(c1cc(F)ccc1F)C(Cl)Cl. The minimum absolute atomic E-state index is 0.435. The third-order valence-corrected chi connectivity index (χ3v) is 1.79. The molecule has 0 aliphatic rings. The molecule has 0 fully saturated rings. The number of benzene rings is 1. The molecular formula is C8H4Cl2F2O. The molecule has 0 amide bonds. The van der Waals surface area contributed by atoms with Crippen molar-refractivity contribution in [3.05, 3.63) is 35.4 Å². The van der Waals surface area contributed by atoms with Crippen molar-refractivity contribution < 1.29 is 13.6 Å². The Morgan fingerprint density at radius 2 is 1.92 bits per heavy atom. The zero-order chi connectivity index (χ0) is 10.0. The molecule has 0 N–H and O–H groups in total. The Hall–Kier alpha value is -0.670. The molecule has 0 radical (unpaired) electrons. The van der Waals surface area contributed by atoms with Crippen LogP contribution >= 0.6 is 23.2 Å². The number of halogens is 4. The number of ketones is 1. The maximum absolute atomic E-state index is 12.9. The second-order valence-corrected chi connectivity index (χ2v) is 3.39. The minimum atomic E-state index is -1.38. The topological polar surface area (TPSA) is 17.1 Å². The Bertz CT molecular complexity index is 339. The fraction of sp³-hybridized carbons (Fsp3) is 0.125. The van der Waals surface area contributed by atoms with E-state index in [1.54, 1.807) is 0 Å². The van der Waals surface area contributed by atoms with Gasteiger partial charge in [-0.15, -0.1) is 0 Å². The van der Waals surface area contributed by atoms with Gasteiger partial charge in [-0.2, -0.15) is 0 Å². The Labute approximate surface area is 83.3 Å². The summed E-state index contributed by atoms with van der Waals surface area (Å²) in [5.41, 5.74) is -0.435. The summed E-state index contributed by atoms with van der Waals surface area (Å²) in [5, 5.41) is 0. The van der Waals surface area contributed by atoms with Gasteiger partial charge in [-0.1, -0.05) is 23.2 Å². The van der Waals surface area contributed by atoms with Crippen molar-refractivity contribution in [1.29, 1.82) is 0 Å². The summed E-state index contributed by atoms with van der Waals surface area (Å²) in [4.78, 5) is 9.67. The molecule has 1 aromatic carbocycles. The van der Waals surface area contributed by atoms with Gasteiger partial charge < -0.3 is 0 Å². The average Bonchev–Trinajstić information content (AvgIpc) is 2.08. The lowest BCUT2D eigenvalue weighted by molar-refractivity contribution is 0.100. The summed E-state index contributed by atoms with van der Waals surface area (Å²) >= 11 is 10.4. The maximum atomic E-state index is 12.9. The number of Topliss-reactive ketones (excluding diaryl/α,β-unsaturated/α-hetero) is 1. The normalized spacial score (nSPS) is 10.5. The van der Waals surface area contributed by atoms with Gasteiger partial charge in [-0.3, -0.25) is 4.79 Å². The third kappa shape index (κ3) is 2.39. The van der Waals surface area contributed by atoms with Crippen LogP contribution in [0.3, 0.4) is 0 Å². The van der Waals surface area contributed by atoms with Crippen molar-refractivity contribution in [3.8, 4) is 0 Å². The van der Waals surface area contributed by atoms with Crippen molar-refractivity contribution in [1.82, 2.24) is 0 Å². The summed E-state index contributed by atoms with van der Waals surface area (Å²) in [7, 11) is 0. The van der Waals surface area contributed by atoms with E-state index in [9.17, 15) is 13.6 Å². The molecule has 1 rings (SSSR count). The first-order chi connectivity index (χ1) is 6.02. The predicted molar refractivity (Wildman–Crippen MR) is 46.2 cm³/mol. The third-order valence-electron chi connectivity index (χ3n) is 1.39. The molecule has 0 heterocycles. The quantitative estimate of drug-likeness (QED) is 0.558. The highest BCUT2D eigenvalue weighted by atomic mass is 35.5. The van der Waals surface area contributed by atoms with E-state index < -0.39 is 27.8 Å². The van der Waals surface area contributed by atoms with Crippen molar-refractivity contribution in [2.75, 3.05) is 0 Å². The fourth-order valence-electron chi connectivity index (χ4n) is 0.804. The molecule has 1 nitrogen and oxygen atoms in total. The molecule has 0 atom stereocenters. The first-order valence-corrected chi connectivity index (χ1v) is 4.17. The zero-order valence-corrected chi connectivity index (χ0v) is 7.74. The van der Waals surface area contributed by atoms with Crippen molar-refractivity contribution in [2.45, 2.75) is 4.84 Å². The maximum Gasteiger partial charge on any atom is 0.198 e. The second kappa shape index (κ2) is 4.03. The van der Waals surface area contributed by atoms with Gasteiger partial charge in [0.05, 0.1) is 5.56 Å². The molecule has 0 saturated heterocycles. The lowest BCUT2D eigenvalue weighted by Gasteiger charge is -2.02. The van der Waals surface area contributed by atoms with Crippen molar-refractivity contribution >= 4 is 29.0 Å². The van der Waals surface area contributed by atoms with Crippen LogP contribution in [0, 0.1) is 11.6 Å². The number of hydrogen-bond acceptors (Lipinski definition) is 1. The van der Waals surface area contributed by atoms with Gasteiger partial charge >= 0.3 is 0 Å². The molecule has 5 heteroatoms. The van der Waals surface area contributed by atoms with Gasteiger partial charge in [0.25, 0.3) is 0 Å². The van der Waals surface area contributed by atoms with Crippen molar-refractivity contribution in [2.24, 2.45) is 0 Å². The molecule has 0 aromatic heterocycles. The lowest BCUT2D eigenvalue weighted by atomic mass is 10.1. The molecule has 0 aliphatic carbocycles. The van der Waals surface area contributed by atoms with Gasteiger partial charge in [-0.25, -0.2) is 8.78 Å². The summed E-state index contributed by atoms with van der Waals surface area (Å²) in [6.07, 6.45) is 0. The molecule has 0 saturated carbocycles. The van der Waals surface area contributed by atoms with Gasteiger partial charge in [0.1, 0.15) is 11.6 Å². The standard InChI is InChI=1S/C8H4Cl2F2O/c9-8(10)7(13)5-3-4(11)1-2-6(5)12/h1-3,8H. The fourth-order valence-corrected chi connectivity index (χ4v) is 1.04. The summed E-state index contributed by atoms with van der Waals surface area (Å²) in [6.45, 7) is 0.